The summed E-state index contributed by atoms with van der Waals surface area (Å²) in [5.41, 5.74) is 0.877. The maximum Gasteiger partial charge on any atom is 0.307 e. The Morgan fingerprint density at radius 3 is 2.10 bits per heavy atom. The zero-order valence-corrected chi connectivity index (χ0v) is 17.4. The second-order valence-corrected chi connectivity index (χ2v) is 8.23. The van der Waals surface area contributed by atoms with Gasteiger partial charge in [0, 0.05) is 11.8 Å². The van der Waals surface area contributed by atoms with E-state index in [1.54, 1.807) is 18.2 Å². The maximum absolute atomic E-state index is 12.7. The first-order chi connectivity index (χ1) is 13.7. The van der Waals surface area contributed by atoms with Crippen molar-refractivity contribution in [2.24, 2.45) is 0 Å². The Balaban J connectivity index is 2.31. The molecule has 0 heterocycles. The number of carbonyl (C=O) groups excluding carboxylic acids is 2. The lowest BCUT2D eigenvalue weighted by Crippen LogP contribution is -2.30. The molecule has 0 spiro atoms. The first kappa shape index (κ1) is 22.2. The average Bonchev–Trinajstić information content (AvgIpc) is 2.71. The van der Waals surface area contributed by atoms with Crippen LogP contribution in [0.2, 0.25) is 0 Å². The van der Waals surface area contributed by atoms with Crippen molar-refractivity contribution in [2.45, 2.75) is 17.4 Å². The Morgan fingerprint density at radius 2 is 1.59 bits per heavy atom. The molecule has 2 aromatic rings. The summed E-state index contributed by atoms with van der Waals surface area (Å²) in [5, 5.41) is 2.78. The van der Waals surface area contributed by atoms with Gasteiger partial charge in [0.05, 0.1) is 38.7 Å². The number of esters is 1. The van der Waals surface area contributed by atoms with E-state index < -0.39 is 27.8 Å². The van der Waals surface area contributed by atoms with Gasteiger partial charge in [-0.25, -0.2) is 8.42 Å². The SMILES string of the molecule is COC(=O)CC(NC(=O)c1ccc(S(C)(=O)=O)cc1)c1ccc(OC)c(OC)c1. The normalized spacial score (nSPS) is 12.0. The Morgan fingerprint density at radius 1 is 0.966 bits per heavy atom. The van der Waals surface area contributed by atoms with Gasteiger partial charge in [0.1, 0.15) is 0 Å². The fourth-order valence-electron chi connectivity index (χ4n) is 2.67. The number of ether oxygens (including phenoxy) is 3. The number of nitrogens with one attached hydrogen (secondary N) is 1. The van der Waals surface area contributed by atoms with Crippen molar-refractivity contribution in [3.63, 3.8) is 0 Å². The quantitative estimate of drug-likeness (QED) is 0.651. The molecule has 1 amide bonds. The van der Waals surface area contributed by atoms with Crippen molar-refractivity contribution in [3.8, 4) is 11.5 Å². The lowest BCUT2D eigenvalue weighted by Gasteiger charge is -2.20. The third-order valence-corrected chi connectivity index (χ3v) is 5.39. The van der Waals surface area contributed by atoms with E-state index in [1.807, 2.05) is 0 Å². The molecule has 0 aliphatic carbocycles. The van der Waals surface area contributed by atoms with E-state index in [0.29, 0.717) is 17.1 Å². The van der Waals surface area contributed by atoms with Gasteiger partial charge in [-0.1, -0.05) is 6.07 Å². The molecule has 1 atom stereocenters. The van der Waals surface area contributed by atoms with Crippen molar-refractivity contribution in [1.82, 2.24) is 5.32 Å². The molecule has 156 valence electrons. The van der Waals surface area contributed by atoms with E-state index in [9.17, 15) is 18.0 Å². The minimum absolute atomic E-state index is 0.0981. The van der Waals surface area contributed by atoms with E-state index >= 15 is 0 Å². The number of hydrogen-bond acceptors (Lipinski definition) is 7. The highest BCUT2D eigenvalue weighted by atomic mass is 32.2. The van der Waals surface area contributed by atoms with Crippen LogP contribution >= 0.6 is 0 Å². The predicted octanol–water partition coefficient (Wildman–Crippen LogP) is 2.14. The summed E-state index contributed by atoms with van der Waals surface area (Å²) in [7, 11) is 0.890. The highest BCUT2D eigenvalue weighted by molar-refractivity contribution is 7.90. The fraction of sp³-hybridized carbons (Fsp3) is 0.300. The lowest BCUT2D eigenvalue weighted by molar-refractivity contribution is -0.141. The van der Waals surface area contributed by atoms with Crippen molar-refractivity contribution < 1.29 is 32.2 Å². The van der Waals surface area contributed by atoms with Crippen LogP contribution in [0.25, 0.3) is 0 Å². The average molecular weight is 421 g/mol. The van der Waals surface area contributed by atoms with Crippen molar-refractivity contribution >= 4 is 21.7 Å². The molecule has 0 fully saturated rings. The number of rotatable bonds is 8. The van der Waals surface area contributed by atoms with Gasteiger partial charge in [-0.3, -0.25) is 9.59 Å². The summed E-state index contributed by atoms with van der Waals surface area (Å²) in [6, 6.07) is 9.90. The predicted molar refractivity (Wildman–Crippen MR) is 106 cm³/mol. The summed E-state index contributed by atoms with van der Waals surface area (Å²) in [6.07, 6.45) is 0.991. The van der Waals surface area contributed by atoms with E-state index in [0.717, 1.165) is 6.26 Å². The van der Waals surface area contributed by atoms with Crippen LogP contribution in [-0.2, 0) is 19.4 Å². The summed E-state index contributed by atoms with van der Waals surface area (Å²) < 4.78 is 38.4. The second-order valence-electron chi connectivity index (χ2n) is 6.22. The van der Waals surface area contributed by atoms with Crippen molar-refractivity contribution in [2.75, 3.05) is 27.6 Å². The first-order valence-electron chi connectivity index (χ1n) is 8.59. The minimum Gasteiger partial charge on any atom is -0.493 e. The Kier molecular flexibility index (Phi) is 7.22. The van der Waals surface area contributed by atoms with Gasteiger partial charge in [-0.2, -0.15) is 0 Å². The molecule has 0 aliphatic rings. The number of benzene rings is 2. The fourth-order valence-corrected chi connectivity index (χ4v) is 3.30. The number of amides is 1. The van der Waals surface area contributed by atoms with Crippen LogP contribution in [0.4, 0.5) is 0 Å². The Bertz CT molecular complexity index is 984. The van der Waals surface area contributed by atoms with Crippen molar-refractivity contribution in [1.29, 1.82) is 0 Å². The first-order valence-corrected chi connectivity index (χ1v) is 10.5. The molecule has 2 aromatic carbocycles. The second kappa shape index (κ2) is 9.42. The smallest absolute Gasteiger partial charge is 0.307 e. The summed E-state index contributed by atoms with van der Waals surface area (Å²) in [5.74, 6) is -0.00590. The molecule has 0 aromatic heterocycles. The Hall–Kier alpha value is -3.07. The molecule has 8 nitrogen and oxygen atoms in total. The van der Waals surface area contributed by atoms with E-state index in [-0.39, 0.29) is 16.9 Å². The molecule has 2 rings (SSSR count). The molecule has 0 aliphatic heterocycles. The maximum atomic E-state index is 12.7. The topological polar surface area (TPSA) is 108 Å². The molecule has 1 N–H and O–H groups in total. The molecular weight excluding hydrogens is 398 g/mol. The Labute approximate surface area is 169 Å². The molecule has 9 heteroatoms. The highest BCUT2D eigenvalue weighted by Crippen LogP contribution is 2.31. The van der Waals surface area contributed by atoms with Gasteiger partial charge >= 0.3 is 5.97 Å². The molecule has 1 unspecified atom stereocenters. The van der Waals surface area contributed by atoms with Crippen LogP contribution in [0.3, 0.4) is 0 Å². The van der Waals surface area contributed by atoms with Gasteiger partial charge in [-0.15, -0.1) is 0 Å². The summed E-state index contributed by atoms with van der Waals surface area (Å²) in [6.45, 7) is 0. The molecule has 0 bridgehead atoms. The highest BCUT2D eigenvalue weighted by Gasteiger charge is 2.21. The third-order valence-electron chi connectivity index (χ3n) is 4.26. The largest absolute Gasteiger partial charge is 0.493 e. The third kappa shape index (κ3) is 5.71. The zero-order chi connectivity index (χ0) is 21.6. The van der Waals surface area contributed by atoms with Crippen LogP contribution < -0.4 is 14.8 Å². The molecule has 0 saturated carbocycles. The summed E-state index contributed by atoms with van der Waals surface area (Å²) in [4.78, 5) is 24.6. The van der Waals surface area contributed by atoms with Crippen LogP contribution in [0, 0.1) is 0 Å². The van der Waals surface area contributed by atoms with E-state index in [2.05, 4.69) is 5.32 Å². The summed E-state index contributed by atoms with van der Waals surface area (Å²) >= 11 is 0. The van der Waals surface area contributed by atoms with Crippen LogP contribution in [0.1, 0.15) is 28.4 Å². The van der Waals surface area contributed by atoms with Gasteiger partial charge in [0.2, 0.25) is 0 Å². The van der Waals surface area contributed by atoms with Gasteiger partial charge < -0.3 is 19.5 Å². The minimum atomic E-state index is -3.36. The number of methoxy groups -OCH3 is 3. The van der Waals surface area contributed by atoms with Crippen LogP contribution in [-0.4, -0.2) is 47.9 Å². The molecule has 0 saturated heterocycles. The standard InChI is InChI=1S/C20H23NO7S/c1-26-17-10-7-14(11-18(17)27-2)16(12-19(22)28-3)21-20(23)13-5-8-15(9-6-13)29(4,24)25/h5-11,16H,12H2,1-4H3,(H,21,23). The molecule has 0 radical (unpaired) electrons. The van der Waals surface area contributed by atoms with Crippen molar-refractivity contribution in [3.05, 3.63) is 53.6 Å². The zero-order valence-electron chi connectivity index (χ0n) is 16.6. The monoisotopic (exact) mass is 421 g/mol. The van der Waals surface area contributed by atoms with E-state index in [1.165, 1.54) is 45.6 Å². The molecular formula is C20H23NO7S. The number of carbonyl (C=O) groups is 2. The van der Waals surface area contributed by atoms with Crippen LogP contribution in [0.5, 0.6) is 11.5 Å². The van der Waals surface area contributed by atoms with Crippen LogP contribution in [0.15, 0.2) is 47.4 Å². The number of hydrogen-bond donors (Lipinski definition) is 1. The van der Waals surface area contributed by atoms with Gasteiger partial charge in [0.25, 0.3) is 5.91 Å². The number of sulfone groups is 1. The lowest BCUT2D eigenvalue weighted by atomic mass is 10.0. The van der Waals surface area contributed by atoms with E-state index in [4.69, 9.17) is 14.2 Å². The molecule has 29 heavy (non-hydrogen) atoms. The van der Waals surface area contributed by atoms with Gasteiger partial charge in [-0.05, 0) is 42.0 Å². The van der Waals surface area contributed by atoms with Gasteiger partial charge in [0.15, 0.2) is 21.3 Å².